The second-order valence-corrected chi connectivity index (χ2v) is 6.83. The highest BCUT2D eigenvalue weighted by atomic mass is 19.1. The van der Waals surface area contributed by atoms with Crippen LogP contribution in [0, 0.1) is 17.6 Å². The van der Waals surface area contributed by atoms with Crippen molar-refractivity contribution in [1.82, 2.24) is 10.2 Å². The molecule has 0 spiro atoms. The van der Waals surface area contributed by atoms with Crippen LogP contribution in [0.4, 0.5) is 8.78 Å². The van der Waals surface area contributed by atoms with Crippen LogP contribution in [0.1, 0.15) is 37.2 Å². The topological polar surface area (TPSA) is 52.6 Å². The Kier molecular flexibility index (Phi) is 5.46. The van der Waals surface area contributed by atoms with Gasteiger partial charge in [-0.15, -0.1) is 0 Å². The summed E-state index contributed by atoms with van der Waals surface area (Å²) < 4.78 is 26.7. The minimum Gasteiger partial charge on any atom is -0.393 e. The number of piperidine rings is 1. The van der Waals surface area contributed by atoms with Gasteiger partial charge in [0.25, 0.3) is 0 Å². The van der Waals surface area contributed by atoms with Crippen molar-refractivity contribution in [2.45, 2.75) is 37.7 Å². The number of rotatable bonds is 6. The highest BCUT2D eigenvalue weighted by Crippen LogP contribution is 2.48. The number of aliphatic hydroxyl groups is 1. The van der Waals surface area contributed by atoms with Crippen LogP contribution in [-0.4, -0.2) is 48.2 Å². The minimum atomic E-state index is -0.594. The summed E-state index contributed by atoms with van der Waals surface area (Å²) >= 11 is 0. The number of carbonyl (C=O) groups excluding carboxylic acids is 1. The maximum atomic E-state index is 13.7. The minimum absolute atomic E-state index is 0.0437. The molecule has 1 aliphatic carbocycles. The number of carbonyl (C=O) groups is 1. The van der Waals surface area contributed by atoms with Crippen LogP contribution in [0.3, 0.4) is 0 Å². The fourth-order valence-corrected chi connectivity index (χ4v) is 3.42. The van der Waals surface area contributed by atoms with Crippen molar-refractivity contribution in [3.05, 3.63) is 35.4 Å². The summed E-state index contributed by atoms with van der Waals surface area (Å²) in [6.45, 7) is 3.33. The van der Waals surface area contributed by atoms with Gasteiger partial charge in [-0.25, -0.2) is 8.78 Å². The molecule has 0 radical (unpaired) electrons. The molecule has 1 amide bonds. The van der Waals surface area contributed by atoms with Gasteiger partial charge in [-0.2, -0.15) is 0 Å². The molecule has 2 aliphatic rings. The zero-order valence-electron chi connectivity index (χ0n) is 13.7. The number of amides is 1. The maximum absolute atomic E-state index is 13.7. The molecule has 132 valence electrons. The quantitative estimate of drug-likeness (QED) is 0.781. The Labute approximate surface area is 140 Å². The highest BCUT2D eigenvalue weighted by Gasteiger charge is 2.45. The third-order valence-electron chi connectivity index (χ3n) is 5.00. The lowest BCUT2D eigenvalue weighted by Gasteiger charge is -2.29. The molecule has 2 N–H and O–H groups in total. The van der Waals surface area contributed by atoms with Crippen molar-refractivity contribution in [2.75, 3.05) is 26.2 Å². The monoisotopic (exact) mass is 338 g/mol. The summed E-state index contributed by atoms with van der Waals surface area (Å²) in [5.74, 6) is -1.53. The number of nitrogens with one attached hydrogen (secondary N) is 1. The lowest BCUT2D eigenvalue weighted by Crippen LogP contribution is -2.37. The van der Waals surface area contributed by atoms with Crippen molar-refractivity contribution >= 4 is 5.91 Å². The van der Waals surface area contributed by atoms with Gasteiger partial charge in [0.05, 0.1) is 6.10 Å². The number of nitrogens with zero attached hydrogens (tertiary/aromatic N) is 1. The summed E-state index contributed by atoms with van der Waals surface area (Å²) in [5, 5.41) is 12.4. The molecule has 6 heteroatoms. The molecule has 0 bridgehead atoms. The Bertz CT molecular complexity index is 588. The van der Waals surface area contributed by atoms with Crippen LogP contribution in [0.25, 0.3) is 0 Å². The van der Waals surface area contributed by atoms with Gasteiger partial charge < -0.3 is 15.3 Å². The first-order valence-electron chi connectivity index (χ1n) is 8.67. The van der Waals surface area contributed by atoms with E-state index in [0.29, 0.717) is 18.5 Å². The Hall–Kier alpha value is -1.53. The third kappa shape index (κ3) is 4.30. The average Bonchev–Trinajstić information content (AvgIpc) is 3.33. The molecule has 1 aliphatic heterocycles. The molecule has 2 fully saturated rings. The summed E-state index contributed by atoms with van der Waals surface area (Å²) in [6.07, 6.45) is 2.96. The van der Waals surface area contributed by atoms with Crippen LogP contribution in [0.15, 0.2) is 18.2 Å². The van der Waals surface area contributed by atoms with E-state index in [1.165, 1.54) is 12.1 Å². The third-order valence-corrected chi connectivity index (χ3v) is 5.00. The standard InChI is InChI=1S/C18H24F2N2O2/c19-12-2-3-14(17(20)10-12)15-11-16(15)18(24)21-6-1-7-22-8-4-13(23)5-9-22/h2-3,10,13,15-16,23H,1,4-9,11H2,(H,21,24). The van der Waals surface area contributed by atoms with Gasteiger partial charge in [0, 0.05) is 31.6 Å². The van der Waals surface area contributed by atoms with Crippen LogP contribution in [-0.2, 0) is 4.79 Å². The second kappa shape index (κ2) is 7.57. The zero-order valence-corrected chi connectivity index (χ0v) is 13.7. The van der Waals surface area contributed by atoms with E-state index < -0.39 is 11.6 Å². The summed E-state index contributed by atoms with van der Waals surface area (Å²) in [6, 6.07) is 3.55. The fourth-order valence-electron chi connectivity index (χ4n) is 3.42. The Balaban J connectivity index is 1.36. The summed E-state index contributed by atoms with van der Waals surface area (Å²) in [5.41, 5.74) is 0.434. The molecular formula is C18H24F2N2O2. The molecule has 24 heavy (non-hydrogen) atoms. The predicted molar refractivity (Wildman–Crippen MR) is 86.5 cm³/mol. The van der Waals surface area contributed by atoms with Gasteiger partial charge in [-0.3, -0.25) is 4.79 Å². The zero-order chi connectivity index (χ0) is 17.1. The fraction of sp³-hybridized carbons (Fsp3) is 0.611. The number of hydrogen-bond acceptors (Lipinski definition) is 3. The smallest absolute Gasteiger partial charge is 0.223 e. The maximum Gasteiger partial charge on any atom is 0.223 e. The van der Waals surface area contributed by atoms with E-state index in [1.54, 1.807) is 0 Å². The predicted octanol–water partition coefficient (Wildman–Crippen LogP) is 2.03. The molecule has 1 heterocycles. The van der Waals surface area contributed by atoms with E-state index >= 15 is 0 Å². The van der Waals surface area contributed by atoms with Gasteiger partial charge >= 0.3 is 0 Å². The molecule has 1 saturated carbocycles. The molecule has 3 rings (SSSR count). The van der Waals surface area contributed by atoms with E-state index in [4.69, 9.17) is 0 Å². The Morgan fingerprint density at radius 2 is 2.04 bits per heavy atom. The molecule has 1 saturated heterocycles. The normalized spacial score (nSPS) is 24.8. The molecular weight excluding hydrogens is 314 g/mol. The van der Waals surface area contributed by atoms with Gasteiger partial charge in [-0.1, -0.05) is 6.07 Å². The molecule has 1 aromatic rings. The summed E-state index contributed by atoms with van der Waals surface area (Å²) in [4.78, 5) is 14.4. The lowest BCUT2D eigenvalue weighted by molar-refractivity contribution is -0.122. The number of benzene rings is 1. The van der Waals surface area contributed by atoms with Crippen LogP contribution in [0.2, 0.25) is 0 Å². The van der Waals surface area contributed by atoms with E-state index in [1.807, 2.05) is 0 Å². The molecule has 0 aromatic heterocycles. The van der Waals surface area contributed by atoms with E-state index in [2.05, 4.69) is 10.2 Å². The Morgan fingerprint density at radius 1 is 1.29 bits per heavy atom. The van der Waals surface area contributed by atoms with Gasteiger partial charge in [-0.05, 0) is 49.8 Å². The van der Waals surface area contributed by atoms with Crippen molar-refractivity contribution in [3.63, 3.8) is 0 Å². The SMILES string of the molecule is O=C(NCCCN1CCC(O)CC1)C1CC1c1ccc(F)cc1F. The van der Waals surface area contributed by atoms with Crippen molar-refractivity contribution in [1.29, 1.82) is 0 Å². The van der Waals surface area contributed by atoms with Gasteiger partial charge in [0.15, 0.2) is 0 Å². The van der Waals surface area contributed by atoms with Crippen LogP contribution in [0.5, 0.6) is 0 Å². The molecule has 4 nitrogen and oxygen atoms in total. The van der Waals surface area contributed by atoms with E-state index in [9.17, 15) is 18.7 Å². The first-order chi connectivity index (χ1) is 11.5. The van der Waals surface area contributed by atoms with Crippen molar-refractivity contribution in [3.8, 4) is 0 Å². The van der Waals surface area contributed by atoms with Crippen LogP contribution < -0.4 is 5.32 Å². The van der Waals surface area contributed by atoms with Crippen LogP contribution >= 0.6 is 0 Å². The highest BCUT2D eigenvalue weighted by molar-refractivity contribution is 5.82. The largest absolute Gasteiger partial charge is 0.393 e. The lowest BCUT2D eigenvalue weighted by atomic mass is 10.1. The average molecular weight is 338 g/mol. The van der Waals surface area contributed by atoms with Crippen molar-refractivity contribution < 1.29 is 18.7 Å². The Morgan fingerprint density at radius 3 is 2.75 bits per heavy atom. The number of aliphatic hydroxyl groups excluding tert-OH is 1. The van der Waals surface area contributed by atoms with E-state index in [0.717, 1.165) is 45.0 Å². The summed E-state index contributed by atoms with van der Waals surface area (Å²) in [7, 11) is 0. The first kappa shape index (κ1) is 17.3. The molecule has 2 atom stereocenters. The molecule has 2 unspecified atom stereocenters. The number of hydrogen-bond donors (Lipinski definition) is 2. The van der Waals surface area contributed by atoms with Gasteiger partial charge in [0.1, 0.15) is 11.6 Å². The number of halogens is 2. The van der Waals surface area contributed by atoms with Crippen molar-refractivity contribution in [2.24, 2.45) is 5.92 Å². The first-order valence-corrected chi connectivity index (χ1v) is 8.67. The molecule has 1 aromatic carbocycles. The second-order valence-electron chi connectivity index (χ2n) is 6.83. The van der Waals surface area contributed by atoms with E-state index in [-0.39, 0.29) is 23.8 Å². The van der Waals surface area contributed by atoms with Gasteiger partial charge in [0.2, 0.25) is 5.91 Å². The number of likely N-dealkylation sites (tertiary alicyclic amines) is 1.